The molecule has 1 unspecified atom stereocenters. The maximum atomic E-state index is 14.8. The number of carbonyl (C=O) groups excluding carboxylic acids is 1. The van der Waals surface area contributed by atoms with Gasteiger partial charge >= 0.3 is 28.7 Å². The smallest absolute Gasteiger partial charge is 0.459 e. The molecular formula is C36H52BF3O10S. The first-order chi connectivity index (χ1) is 23.4. The van der Waals surface area contributed by atoms with Crippen molar-refractivity contribution in [2.75, 3.05) is 13.2 Å². The van der Waals surface area contributed by atoms with Gasteiger partial charge in [-0.05, 0) is 92.7 Å². The number of benzene rings is 1. The summed E-state index contributed by atoms with van der Waals surface area (Å²) < 4.78 is 110. The van der Waals surface area contributed by atoms with Crippen molar-refractivity contribution in [3.8, 4) is 0 Å². The fourth-order valence-corrected chi connectivity index (χ4v) is 8.76. The van der Waals surface area contributed by atoms with Gasteiger partial charge in [0.25, 0.3) is 0 Å². The van der Waals surface area contributed by atoms with Gasteiger partial charge in [0.1, 0.15) is 11.4 Å². The number of alkyl halides is 3. The largest absolute Gasteiger partial charge is 0.534 e. The van der Waals surface area contributed by atoms with E-state index in [0.717, 1.165) is 5.56 Å². The van der Waals surface area contributed by atoms with Gasteiger partial charge in [-0.3, -0.25) is 4.79 Å². The standard InChI is InChI=1S/C36H52BF3O10S/c1-23(2)46-28-18-25-27(48-51(42,43)36(38,39)40)19-26(37-49-32(6,7)33(8,9)50-37)29-34(25,22-45-28)16-13-17-35(29,30(41)47-31(3,4)5)21-44-20-24-14-11-10-12-15-24/h10-12,14-15,19,23,25-26,28-29H,13,16-18,20-22H2,1-9H3/t25-,26-,28?,29+,34+,35+/m0/s1. The summed E-state index contributed by atoms with van der Waals surface area (Å²) in [6.45, 7) is 16.3. The number of hydrogen-bond donors (Lipinski definition) is 0. The first-order valence-corrected chi connectivity index (χ1v) is 19.0. The van der Waals surface area contributed by atoms with Crippen molar-refractivity contribution in [1.29, 1.82) is 0 Å². The molecule has 0 N–H and O–H groups in total. The molecule has 2 heterocycles. The zero-order valence-electron chi connectivity index (χ0n) is 31.0. The second-order valence-corrected chi connectivity index (χ2v) is 18.2. The molecule has 0 aromatic heterocycles. The molecule has 1 spiro atoms. The molecule has 286 valence electrons. The third-order valence-corrected chi connectivity index (χ3v) is 12.0. The Kier molecular flexibility index (Phi) is 10.9. The van der Waals surface area contributed by atoms with E-state index in [9.17, 15) is 26.4 Å². The predicted octanol–water partition coefficient (Wildman–Crippen LogP) is 7.33. The van der Waals surface area contributed by atoms with E-state index in [1.54, 1.807) is 34.6 Å². The predicted molar refractivity (Wildman–Crippen MR) is 182 cm³/mol. The van der Waals surface area contributed by atoms with Crippen LogP contribution in [0.25, 0.3) is 0 Å². The molecule has 1 saturated carbocycles. The fraction of sp³-hybridized carbons (Fsp3) is 0.750. The monoisotopic (exact) mass is 744 g/mol. The Bertz CT molecular complexity index is 1540. The van der Waals surface area contributed by atoms with Crippen LogP contribution in [-0.4, -0.2) is 69.4 Å². The summed E-state index contributed by atoms with van der Waals surface area (Å²) in [5.74, 6) is -3.64. The Balaban J connectivity index is 1.72. The van der Waals surface area contributed by atoms with Gasteiger partial charge in [-0.2, -0.15) is 21.6 Å². The lowest BCUT2D eigenvalue weighted by atomic mass is 9.40. The van der Waals surface area contributed by atoms with Crippen LogP contribution in [0, 0.1) is 22.7 Å². The molecule has 1 aromatic carbocycles. The molecule has 15 heteroatoms. The van der Waals surface area contributed by atoms with E-state index in [1.807, 2.05) is 58.0 Å². The lowest BCUT2D eigenvalue weighted by Gasteiger charge is -2.62. The van der Waals surface area contributed by atoms with E-state index in [2.05, 4.69) is 0 Å². The number of ether oxygens (including phenoxy) is 4. The highest BCUT2D eigenvalue weighted by Gasteiger charge is 2.71. The van der Waals surface area contributed by atoms with Gasteiger partial charge in [0, 0.05) is 23.6 Å². The summed E-state index contributed by atoms with van der Waals surface area (Å²) in [5, 5.41) is 0. The van der Waals surface area contributed by atoms with Crippen LogP contribution < -0.4 is 0 Å². The topological polar surface area (TPSA) is 116 Å². The molecule has 4 aliphatic rings. The van der Waals surface area contributed by atoms with Gasteiger partial charge in [-0.15, -0.1) is 0 Å². The van der Waals surface area contributed by atoms with Crippen molar-refractivity contribution in [1.82, 2.24) is 0 Å². The van der Waals surface area contributed by atoms with Crippen LogP contribution >= 0.6 is 0 Å². The Hall–Kier alpha value is -2.17. The number of allylic oxidation sites excluding steroid dienone is 2. The van der Waals surface area contributed by atoms with Gasteiger partial charge in [0.05, 0.1) is 42.5 Å². The summed E-state index contributed by atoms with van der Waals surface area (Å²) in [6.07, 6.45) is 1.33. The van der Waals surface area contributed by atoms with Crippen molar-refractivity contribution in [2.24, 2.45) is 22.7 Å². The first kappa shape index (κ1) is 40.0. The summed E-state index contributed by atoms with van der Waals surface area (Å²) >= 11 is 0. The second kappa shape index (κ2) is 13.9. The number of esters is 1. The van der Waals surface area contributed by atoms with Crippen molar-refractivity contribution < 1.29 is 58.8 Å². The van der Waals surface area contributed by atoms with E-state index in [-0.39, 0.29) is 32.3 Å². The molecule has 1 aromatic rings. The van der Waals surface area contributed by atoms with Crippen molar-refractivity contribution >= 4 is 23.2 Å². The normalized spacial score (nSPS) is 32.2. The molecule has 2 aliphatic carbocycles. The Morgan fingerprint density at radius 1 is 1.02 bits per heavy atom. The molecule has 51 heavy (non-hydrogen) atoms. The molecule has 10 nitrogen and oxygen atoms in total. The molecule has 5 rings (SSSR count). The van der Waals surface area contributed by atoms with Crippen molar-refractivity contribution in [3.63, 3.8) is 0 Å². The van der Waals surface area contributed by atoms with Crippen LogP contribution in [0.15, 0.2) is 42.2 Å². The third-order valence-electron chi connectivity index (χ3n) is 11.0. The van der Waals surface area contributed by atoms with Crippen LogP contribution in [0.3, 0.4) is 0 Å². The first-order valence-electron chi connectivity index (χ1n) is 17.6. The van der Waals surface area contributed by atoms with Gasteiger partial charge in [-0.25, -0.2) is 0 Å². The van der Waals surface area contributed by atoms with E-state index in [1.165, 1.54) is 6.08 Å². The summed E-state index contributed by atoms with van der Waals surface area (Å²) in [4.78, 5) is 14.8. The van der Waals surface area contributed by atoms with Gasteiger partial charge in [0.2, 0.25) is 0 Å². The minimum atomic E-state index is -6.08. The third kappa shape index (κ3) is 7.89. The average Bonchev–Trinajstić information content (AvgIpc) is 3.21. The Morgan fingerprint density at radius 3 is 2.22 bits per heavy atom. The van der Waals surface area contributed by atoms with Gasteiger partial charge in [-0.1, -0.05) is 36.8 Å². The van der Waals surface area contributed by atoms with Crippen LogP contribution in [0.1, 0.15) is 93.6 Å². The number of hydrogen-bond acceptors (Lipinski definition) is 10. The van der Waals surface area contributed by atoms with Crippen molar-refractivity contribution in [2.45, 2.75) is 135 Å². The minimum Gasteiger partial charge on any atom is -0.459 e. The molecule has 0 amide bonds. The van der Waals surface area contributed by atoms with E-state index in [4.69, 9.17) is 32.4 Å². The average molecular weight is 745 g/mol. The van der Waals surface area contributed by atoms with Crippen LogP contribution in [0.4, 0.5) is 13.2 Å². The second-order valence-electron chi connectivity index (χ2n) is 16.7. The van der Waals surface area contributed by atoms with E-state index < -0.39 is 86.0 Å². The highest BCUT2D eigenvalue weighted by atomic mass is 32.2. The molecular weight excluding hydrogens is 692 g/mol. The summed E-state index contributed by atoms with van der Waals surface area (Å²) in [5.41, 5.74) is -9.97. The zero-order chi connectivity index (χ0) is 37.8. The van der Waals surface area contributed by atoms with Crippen LogP contribution in [0.5, 0.6) is 0 Å². The molecule has 0 radical (unpaired) electrons. The van der Waals surface area contributed by atoms with Crippen molar-refractivity contribution in [3.05, 3.63) is 47.7 Å². The molecule has 2 aliphatic heterocycles. The lowest BCUT2D eigenvalue weighted by molar-refractivity contribution is -0.259. The number of rotatable bonds is 10. The zero-order valence-corrected chi connectivity index (χ0v) is 31.8. The number of carbonyl (C=O) groups is 1. The lowest BCUT2D eigenvalue weighted by Crippen LogP contribution is -2.64. The highest BCUT2D eigenvalue weighted by molar-refractivity contribution is 7.87. The Morgan fingerprint density at radius 2 is 1.65 bits per heavy atom. The molecule has 0 bridgehead atoms. The molecule has 3 fully saturated rings. The molecule has 6 atom stereocenters. The maximum absolute atomic E-state index is 14.8. The SMILES string of the molecule is CC(C)OC1C[C@H]2C(OS(=O)(=O)C(F)(F)F)=C[C@H](B3OC(C)(C)C(C)(C)O3)[C@H]3[C@@](COCc4ccccc4)(C(=O)OC(C)(C)C)CCC[C@@]23CO1. The summed E-state index contributed by atoms with van der Waals surface area (Å²) in [6, 6.07) is 9.47. The fourth-order valence-electron chi connectivity index (χ4n) is 8.24. The number of halogens is 3. The quantitative estimate of drug-likeness (QED) is 0.104. The maximum Gasteiger partial charge on any atom is 0.534 e. The van der Waals surface area contributed by atoms with Gasteiger partial charge < -0.3 is 32.4 Å². The van der Waals surface area contributed by atoms with Crippen LogP contribution in [0.2, 0.25) is 5.82 Å². The van der Waals surface area contributed by atoms with E-state index in [0.29, 0.717) is 19.3 Å². The van der Waals surface area contributed by atoms with Gasteiger partial charge in [0.15, 0.2) is 6.29 Å². The highest BCUT2D eigenvalue weighted by Crippen LogP contribution is 2.68. The summed E-state index contributed by atoms with van der Waals surface area (Å²) in [7, 11) is -7.19. The Labute approximate surface area is 300 Å². The molecule has 2 saturated heterocycles. The minimum absolute atomic E-state index is 0.0146. The van der Waals surface area contributed by atoms with E-state index >= 15 is 0 Å². The van der Waals surface area contributed by atoms with Crippen LogP contribution in [-0.2, 0) is 54.0 Å².